The largest absolute Gasteiger partial charge is 0.285 e. The molecule has 0 aromatic rings. The smallest absolute Gasteiger partial charge is 0.270 e. The molecule has 0 fully saturated rings. The van der Waals surface area contributed by atoms with E-state index in [0.29, 0.717) is 10.4 Å². The summed E-state index contributed by atoms with van der Waals surface area (Å²) in [6.07, 6.45) is 0.965. The van der Waals surface area contributed by atoms with Gasteiger partial charge in [0.15, 0.2) is 0 Å². The standard InChI is InChI=1S/C7H17NO3S3/c1-3-5-8(4-2,13-12)6-7-14(9,10)11/h3-7H2,1-2H3,(H-,9,10,11,12)/p+1. The fraction of sp³-hybridized carbons (Fsp3) is 1.00. The van der Waals surface area contributed by atoms with Crippen molar-refractivity contribution in [2.45, 2.75) is 20.3 Å². The second kappa shape index (κ2) is 6.22. The van der Waals surface area contributed by atoms with E-state index in [4.69, 9.17) is 4.55 Å². The SMILES string of the molecule is CCC[N+](CC)(CCS(=O)(=O)O)SS. The van der Waals surface area contributed by atoms with Crippen LogP contribution in [0.15, 0.2) is 0 Å². The molecule has 4 nitrogen and oxygen atoms in total. The Morgan fingerprint density at radius 3 is 2.21 bits per heavy atom. The first kappa shape index (κ1) is 14.6. The molecule has 0 rings (SSSR count). The molecule has 0 aliphatic heterocycles. The van der Waals surface area contributed by atoms with Gasteiger partial charge in [0.25, 0.3) is 10.1 Å². The topological polar surface area (TPSA) is 54.4 Å². The molecular weight excluding hydrogens is 242 g/mol. The Bertz CT molecular complexity index is 249. The summed E-state index contributed by atoms with van der Waals surface area (Å²) < 4.78 is 30.5. The van der Waals surface area contributed by atoms with E-state index in [1.54, 1.807) is 0 Å². The Morgan fingerprint density at radius 2 is 1.93 bits per heavy atom. The van der Waals surface area contributed by atoms with Gasteiger partial charge in [-0.25, -0.2) is 0 Å². The first-order valence-electron chi connectivity index (χ1n) is 4.53. The summed E-state index contributed by atoms with van der Waals surface area (Å²) in [5.74, 6) is -0.200. The van der Waals surface area contributed by atoms with E-state index >= 15 is 0 Å². The van der Waals surface area contributed by atoms with E-state index in [-0.39, 0.29) is 5.75 Å². The Balaban J connectivity index is 4.35. The molecule has 0 heterocycles. The number of thiol groups is 1. The number of rotatable bonds is 7. The molecule has 0 aliphatic carbocycles. The molecule has 14 heavy (non-hydrogen) atoms. The predicted molar refractivity (Wildman–Crippen MR) is 63.8 cm³/mol. The average molecular weight is 260 g/mol. The molecule has 0 aromatic heterocycles. The number of hydrogen-bond acceptors (Lipinski definition) is 4. The maximum atomic E-state index is 10.6. The van der Waals surface area contributed by atoms with Gasteiger partial charge in [-0.15, -0.1) is 0 Å². The zero-order valence-electron chi connectivity index (χ0n) is 8.51. The lowest BCUT2D eigenvalue weighted by Gasteiger charge is -2.32. The van der Waals surface area contributed by atoms with Gasteiger partial charge < -0.3 is 0 Å². The maximum absolute atomic E-state index is 10.6. The molecule has 0 aliphatic rings. The zero-order chi connectivity index (χ0) is 11.2. The van der Waals surface area contributed by atoms with Crippen LogP contribution in [0, 0.1) is 0 Å². The highest BCUT2D eigenvalue weighted by molar-refractivity contribution is 8.66. The summed E-state index contributed by atoms with van der Waals surface area (Å²) in [6.45, 7) is 6.10. The number of nitrogens with zero attached hydrogens (tertiary/aromatic N) is 1. The number of quaternary nitrogens is 1. The minimum atomic E-state index is -3.86. The molecule has 0 radical (unpaired) electrons. The van der Waals surface area contributed by atoms with Crippen LogP contribution in [0.2, 0.25) is 0 Å². The van der Waals surface area contributed by atoms with Crippen LogP contribution in [-0.4, -0.2) is 42.2 Å². The summed E-state index contributed by atoms with van der Waals surface area (Å²) in [5.41, 5.74) is 0. The van der Waals surface area contributed by atoms with Gasteiger partial charge in [0.1, 0.15) is 23.3 Å². The quantitative estimate of drug-likeness (QED) is 0.240. The van der Waals surface area contributed by atoms with Crippen LogP contribution in [0.3, 0.4) is 0 Å². The fourth-order valence-electron chi connectivity index (χ4n) is 1.26. The van der Waals surface area contributed by atoms with E-state index in [1.807, 2.05) is 13.8 Å². The van der Waals surface area contributed by atoms with Crippen molar-refractivity contribution in [3.05, 3.63) is 0 Å². The van der Waals surface area contributed by atoms with E-state index in [1.165, 1.54) is 11.0 Å². The first-order valence-corrected chi connectivity index (χ1v) is 7.97. The summed E-state index contributed by atoms with van der Waals surface area (Å²) in [7, 11) is -2.52. The first-order chi connectivity index (χ1) is 6.39. The van der Waals surface area contributed by atoms with Crippen molar-refractivity contribution in [2.75, 3.05) is 25.4 Å². The molecule has 1 unspecified atom stereocenters. The van der Waals surface area contributed by atoms with Crippen molar-refractivity contribution in [1.29, 1.82) is 0 Å². The van der Waals surface area contributed by atoms with Crippen molar-refractivity contribution in [3.8, 4) is 0 Å². The van der Waals surface area contributed by atoms with Crippen molar-refractivity contribution in [2.24, 2.45) is 0 Å². The second-order valence-corrected chi connectivity index (χ2v) is 6.19. The van der Waals surface area contributed by atoms with Crippen LogP contribution in [0.4, 0.5) is 0 Å². The molecule has 0 aromatic carbocycles. The highest BCUT2D eigenvalue weighted by Crippen LogP contribution is 2.26. The Kier molecular flexibility index (Phi) is 6.47. The highest BCUT2D eigenvalue weighted by Gasteiger charge is 2.27. The number of hydrogen-bond donors (Lipinski definition) is 2. The van der Waals surface area contributed by atoms with Crippen LogP contribution in [-0.2, 0) is 10.1 Å². The average Bonchev–Trinajstić information content (AvgIpc) is 2.11. The van der Waals surface area contributed by atoms with Crippen molar-refractivity contribution in [3.63, 3.8) is 0 Å². The normalized spacial score (nSPS) is 16.6. The van der Waals surface area contributed by atoms with Gasteiger partial charge in [0.2, 0.25) is 0 Å². The maximum Gasteiger partial charge on any atom is 0.270 e. The summed E-state index contributed by atoms with van der Waals surface area (Å²) in [5, 5.41) is 0. The molecule has 7 heteroatoms. The molecule has 1 N–H and O–H groups in total. The summed E-state index contributed by atoms with van der Waals surface area (Å²) in [6, 6.07) is 0. The van der Waals surface area contributed by atoms with Gasteiger partial charge in [-0.1, -0.05) is 6.92 Å². The summed E-state index contributed by atoms with van der Waals surface area (Å²) >= 11 is 4.16. The molecule has 0 saturated heterocycles. The van der Waals surface area contributed by atoms with Crippen LogP contribution in [0.1, 0.15) is 20.3 Å². The molecule has 0 saturated carbocycles. The lowest BCUT2D eigenvalue weighted by Crippen LogP contribution is -2.43. The van der Waals surface area contributed by atoms with Gasteiger partial charge in [0, 0.05) is 0 Å². The fourth-order valence-corrected chi connectivity index (χ4v) is 3.34. The van der Waals surface area contributed by atoms with E-state index in [2.05, 4.69) is 11.7 Å². The van der Waals surface area contributed by atoms with Crippen LogP contribution in [0.5, 0.6) is 0 Å². The third-order valence-electron chi connectivity index (χ3n) is 2.14. The lowest BCUT2D eigenvalue weighted by molar-refractivity contribution is -0.788. The minimum absolute atomic E-state index is 0.200. The predicted octanol–water partition coefficient (Wildman–Crippen LogP) is 1.61. The molecule has 0 amide bonds. The minimum Gasteiger partial charge on any atom is -0.285 e. The van der Waals surface area contributed by atoms with Crippen molar-refractivity contribution >= 4 is 32.8 Å². The monoisotopic (exact) mass is 260 g/mol. The second-order valence-electron chi connectivity index (χ2n) is 3.19. The van der Waals surface area contributed by atoms with Gasteiger partial charge in [-0.2, -0.15) is 8.42 Å². The van der Waals surface area contributed by atoms with E-state index in [9.17, 15) is 8.42 Å². The van der Waals surface area contributed by atoms with Gasteiger partial charge >= 0.3 is 0 Å². The van der Waals surface area contributed by atoms with Crippen LogP contribution >= 0.6 is 22.6 Å². The lowest BCUT2D eigenvalue weighted by atomic mass is 10.4. The third kappa shape index (κ3) is 5.45. The summed E-state index contributed by atoms with van der Waals surface area (Å²) in [4.78, 5) is 0. The van der Waals surface area contributed by atoms with E-state index in [0.717, 1.165) is 19.5 Å². The molecule has 0 spiro atoms. The Hall–Kier alpha value is 0.570. The highest BCUT2D eigenvalue weighted by atomic mass is 33.1. The molecule has 86 valence electrons. The van der Waals surface area contributed by atoms with Gasteiger partial charge in [-0.3, -0.25) is 8.44 Å². The Morgan fingerprint density at radius 1 is 1.36 bits per heavy atom. The van der Waals surface area contributed by atoms with Gasteiger partial charge in [-0.05, 0) is 25.0 Å². The Labute approximate surface area is 95.3 Å². The van der Waals surface area contributed by atoms with E-state index < -0.39 is 10.1 Å². The van der Waals surface area contributed by atoms with Crippen molar-refractivity contribution in [1.82, 2.24) is 0 Å². The van der Waals surface area contributed by atoms with Crippen LogP contribution in [0.25, 0.3) is 0 Å². The molecule has 0 bridgehead atoms. The van der Waals surface area contributed by atoms with Crippen LogP contribution < -0.4 is 0 Å². The molecular formula is C7H18NO3S3+. The zero-order valence-corrected chi connectivity index (χ0v) is 11.0. The van der Waals surface area contributed by atoms with Gasteiger partial charge in [0.05, 0.1) is 13.1 Å². The third-order valence-corrected chi connectivity index (χ3v) is 4.84. The molecule has 1 atom stereocenters. The van der Waals surface area contributed by atoms with Crippen molar-refractivity contribution < 1.29 is 16.9 Å².